The Hall–Kier alpha value is -1.71. The number of aromatic nitrogens is 2. The molecule has 3 rings (SSSR count). The molecule has 13 heavy (non-hydrogen) atoms. The normalized spacial score (nSPS) is 14.5. The van der Waals surface area contributed by atoms with Gasteiger partial charge >= 0.3 is 0 Å². The van der Waals surface area contributed by atoms with Crippen molar-refractivity contribution < 1.29 is 4.74 Å². The van der Waals surface area contributed by atoms with Crippen molar-refractivity contribution in [2.45, 2.75) is 6.54 Å². The van der Waals surface area contributed by atoms with Crippen molar-refractivity contribution in [2.24, 2.45) is 0 Å². The highest BCUT2D eigenvalue weighted by molar-refractivity contribution is 5.93. The highest BCUT2D eigenvalue weighted by Gasteiger charge is 2.14. The van der Waals surface area contributed by atoms with Crippen LogP contribution >= 0.6 is 0 Å². The van der Waals surface area contributed by atoms with Crippen LogP contribution in [0.2, 0.25) is 0 Å². The summed E-state index contributed by atoms with van der Waals surface area (Å²) in [6.07, 6.45) is 3.71. The lowest BCUT2D eigenvalue weighted by atomic mass is 10.3. The molecule has 3 heterocycles. The first-order chi connectivity index (χ1) is 6.36. The summed E-state index contributed by atoms with van der Waals surface area (Å²) < 4.78 is 7.62. The molecular weight excluding hydrogens is 166 g/mol. The Bertz CT molecular complexity index is 475. The van der Waals surface area contributed by atoms with E-state index in [-0.39, 0.29) is 0 Å². The van der Waals surface area contributed by atoms with E-state index in [1.807, 2.05) is 12.3 Å². The quantitative estimate of drug-likeness (QED) is 0.650. The zero-order valence-electron chi connectivity index (χ0n) is 7.03. The third-order valence-electron chi connectivity index (χ3n) is 2.38. The number of hydrogen-bond acceptors (Lipinski definition) is 3. The molecular formula is C9H9N3O. The Morgan fingerprint density at radius 1 is 1.54 bits per heavy atom. The lowest BCUT2D eigenvalue weighted by molar-refractivity contribution is 0.286. The van der Waals surface area contributed by atoms with Crippen LogP contribution in [0.5, 0.6) is 5.75 Å². The highest BCUT2D eigenvalue weighted by atomic mass is 16.5. The summed E-state index contributed by atoms with van der Waals surface area (Å²) in [7, 11) is 0. The molecule has 0 atom stereocenters. The van der Waals surface area contributed by atoms with Crippen LogP contribution in [-0.4, -0.2) is 16.2 Å². The molecule has 1 aliphatic rings. The molecule has 2 N–H and O–H groups in total. The van der Waals surface area contributed by atoms with Crippen LogP contribution in [0.1, 0.15) is 0 Å². The Morgan fingerprint density at radius 2 is 2.46 bits per heavy atom. The number of nitrogens with zero attached hydrogens (tertiary/aromatic N) is 2. The second-order valence-electron chi connectivity index (χ2n) is 3.13. The van der Waals surface area contributed by atoms with Gasteiger partial charge in [-0.15, -0.1) is 0 Å². The predicted molar refractivity (Wildman–Crippen MR) is 49.6 cm³/mol. The minimum atomic E-state index is 0.572. The molecule has 0 radical (unpaired) electrons. The summed E-state index contributed by atoms with van der Waals surface area (Å²) in [5.74, 6) is 1.41. The van der Waals surface area contributed by atoms with Crippen LogP contribution < -0.4 is 10.5 Å². The van der Waals surface area contributed by atoms with E-state index in [2.05, 4.69) is 9.55 Å². The van der Waals surface area contributed by atoms with Crippen molar-refractivity contribution in [1.82, 2.24) is 9.55 Å². The molecule has 0 saturated heterocycles. The van der Waals surface area contributed by atoms with Crippen molar-refractivity contribution in [3.63, 3.8) is 0 Å². The molecule has 4 nitrogen and oxygen atoms in total. The van der Waals surface area contributed by atoms with Crippen molar-refractivity contribution in [3.8, 4) is 5.75 Å². The molecule has 0 bridgehead atoms. The Labute approximate surface area is 74.9 Å². The number of nitrogens with two attached hydrogens (primary N) is 1. The Kier molecular flexibility index (Phi) is 1.12. The molecule has 0 spiro atoms. The monoisotopic (exact) mass is 175 g/mol. The van der Waals surface area contributed by atoms with E-state index < -0.39 is 0 Å². The van der Waals surface area contributed by atoms with Crippen LogP contribution in [0.3, 0.4) is 0 Å². The molecule has 0 amide bonds. The molecule has 2 aromatic heterocycles. The molecule has 0 aromatic carbocycles. The summed E-state index contributed by atoms with van der Waals surface area (Å²) in [6, 6.07) is 1.98. The van der Waals surface area contributed by atoms with E-state index in [4.69, 9.17) is 10.5 Å². The van der Waals surface area contributed by atoms with Crippen molar-refractivity contribution in [3.05, 3.63) is 18.5 Å². The third kappa shape index (κ3) is 0.771. The molecule has 0 aliphatic carbocycles. The maximum absolute atomic E-state index is 5.74. The number of hydrogen-bond donors (Lipinski definition) is 1. The van der Waals surface area contributed by atoms with Crippen LogP contribution in [0.25, 0.3) is 10.9 Å². The summed E-state index contributed by atoms with van der Waals surface area (Å²) in [4.78, 5) is 4.06. The van der Waals surface area contributed by atoms with Crippen LogP contribution in [0.15, 0.2) is 18.5 Å². The van der Waals surface area contributed by atoms with Gasteiger partial charge in [-0.2, -0.15) is 0 Å². The first-order valence-electron chi connectivity index (χ1n) is 4.22. The summed E-state index contributed by atoms with van der Waals surface area (Å²) in [5.41, 5.74) is 6.81. The van der Waals surface area contributed by atoms with Gasteiger partial charge in [0.25, 0.3) is 0 Å². The lowest BCUT2D eigenvalue weighted by Crippen LogP contribution is -2.13. The number of nitrogen functional groups attached to an aromatic ring is 1. The molecule has 0 unspecified atom stereocenters. The van der Waals surface area contributed by atoms with Gasteiger partial charge in [-0.05, 0) is 6.07 Å². The van der Waals surface area contributed by atoms with E-state index in [9.17, 15) is 0 Å². The van der Waals surface area contributed by atoms with Crippen LogP contribution in [0.4, 0.5) is 5.82 Å². The van der Waals surface area contributed by atoms with Gasteiger partial charge in [-0.1, -0.05) is 0 Å². The average Bonchev–Trinajstić information content (AvgIpc) is 2.57. The zero-order valence-corrected chi connectivity index (χ0v) is 7.03. The summed E-state index contributed by atoms with van der Waals surface area (Å²) in [6.45, 7) is 1.60. The molecule has 2 aromatic rings. The number of anilines is 1. The minimum absolute atomic E-state index is 0.572. The smallest absolute Gasteiger partial charge is 0.162 e. The van der Waals surface area contributed by atoms with E-state index in [1.54, 1.807) is 6.20 Å². The van der Waals surface area contributed by atoms with Gasteiger partial charge in [0, 0.05) is 11.6 Å². The van der Waals surface area contributed by atoms with E-state index in [1.165, 1.54) is 0 Å². The molecule has 1 aliphatic heterocycles. The molecule has 0 fully saturated rings. The molecule has 0 saturated carbocycles. The predicted octanol–water partition coefficient (Wildman–Crippen LogP) is 1.01. The van der Waals surface area contributed by atoms with Gasteiger partial charge in [0.15, 0.2) is 5.75 Å². The number of pyridine rings is 1. The van der Waals surface area contributed by atoms with Gasteiger partial charge in [-0.25, -0.2) is 4.98 Å². The average molecular weight is 175 g/mol. The fraction of sp³-hybridized carbons (Fsp3) is 0.222. The van der Waals surface area contributed by atoms with Gasteiger partial charge in [0.05, 0.1) is 18.3 Å². The standard InChI is InChI=1S/C9H9N3O/c10-9-6-1-2-12-3-4-13-7(5-11-9)8(6)12/h1-2,5H,3-4H2,(H2,10,11). The maximum Gasteiger partial charge on any atom is 0.162 e. The second kappa shape index (κ2) is 2.16. The van der Waals surface area contributed by atoms with Crippen molar-refractivity contribution in [2.75, 3.05) is 12.3 Å². The number of rotatable bonds is 0. The van der Waals surface area contributed by atoms with E-state index in [0.29, 0.717) is 12.4 Å². The SMILES string of the molecule is Nc1ncc2c3c1ccn3CCO2. The van der Waals surface area contributed by atoms with Crippen molar-refractivity contribution in [1.29, 1.82) is 0 Å². The van der Waals surface area contributed by atoms with Gasteiger partial charge in [0.1, 0.15) is 12.4 Å². The fourth-order valence-corrected chi connectivity index (χ4v) is 1.76. The summed E-state index contributed by atoms with van der Waals surface area (Å²) >= 11 is 0. The Balaban J connectivity index is 2.50. The van der Waals surface area contributed by atoms with E-state index >= 15 is 0 Å². The van der Waals surface area contributed by atoms with E-state index in [0.717, 1.165) is 23.2 Å². The second-order valence-corrected chi connectivity index (χ2v) is 3.13. The Morgan fingerprint density at radius 3 is 3.38 bits per heavy atom. The van der Waals surface area contributed by atoms with Gasteiger partial charge in [-0.3, -0.25) is 0 Å². The first-order valence-corrected chi connectivity index (χ1v) is 4.22. The van der Waals surface area contributed by atoms with Gasteiger partial charge in [0.2, 0.25) is 0 Å². The topological polar surface area (TPSA) is 53.1 Å². The third-order valence-corrected chi connectivity index (χ3v) is 2.38. The first kappa shape index (κ1) is 6.77. The molecule has 4 heteroatoms. The largest absolute Gasteiger partial charge is 0.488 e. The van der Waals surface area contributed by atoms with Crippen LogP contribution in [0, 0.1) is 0 Å². The highest BCUT2D eigenvalue weighted by Crippen LogP contribution is 2.31. The number of ether oxygens (including phenoxy) is 1. The van der Waals surface area contributed by atoms with Crippen molar-refractivity contribution >= 4 is 16.7 Å². The maximum atomic E-state index is 5.74. The van der Waals surface area contributed by atoms with Gasteiger partial charge < -0.3 is 15.0 Å². The lowest BCUT2D eigenvalue weighted by Gasteiger charge is -2.16. The zero-order chi connectivity index (χ0) is 8.84. The summed E-state index contributed by atoms with van der Waals surface area (Å²) in [5, 5.41) is 0.984. The fourth-order valence-electron chi connectivity index (χ4n) is 1.76. The minimum Gasteiger partial charge on any atom is -0.488 e. The molecule has 66 valence electrons. The van der Waals surface area contributed by atoms with Crippen LogP contribution in [-0.2, 0) is 6.54 Å².